The van der Waals surface area contributed by atoms with Crippen LogP contribution in [0, 0.1) is 13.8 Å². The molecule has 0 aliphatic rings. The second-order valence-electron chi connectivity index (χ2n) is 4.82. The number of carbonyl (C=O) groups is 1. The molecule has 110 valence electrons. The molecule has 1 amide bonds. The van der Waals surface area contributed by atoms with Crippen LogP contribution in [0.4, 0.5) is 18.9 Å². The molecule has 2 aromatic rings. The van der Waals surface area contributed by atoms with E-state index in [1.807, 2.05) is 13.0 Å². The highest BCUT2D eigenvalue weighted by atomic mass is 19.4. The van der Waals surface area contributed by atoms with Gasteiger partial charge in [-0.25, -0.2) is 0 Å². The number of anilines is 1. The SMILES string of the molecule is Cc1ccc(C)c(NC(=O)c2ccccc2C(F)(F)F)c1. The minimum Gasteiger partial charge on any atom is -0.322 e. The number of alkyl halides is 3. The van der Waals surface area contributed by atoms with Gasteiger partial charge in [-0.05, 0) is 43.2 Å². The van der Waals surface area contributed by atoms with Gasteiger partial charge in [0.25, 0.3) is 5.91 Å². The Balaban J connectivity index is 2.36. The Morgan fingerprint density at radius 1 is 1.05 bits per heavy atom. The van der Waals surface area contributed by atoms with Gasteiger partial charge in [0.05, 0.1) is 11.1 Å². The van der Waals surface area contributed by atoms with Gasteiger partial charge in [0.15, 0.2) is 0 Å². The molecule has 0 saturated heterocycles. The number of benzene rings is 2. The van der Waals surface area contributed by atoms with Crippen molar-refractivity contribution in [3.8, 4) is 0 Å². The molecule has 21 heavy (non-hydrogen) atoms. The van der Waals surface area contributed by atoms with E-state index >= 15 is 0 Å². The smallest absolute Gasteiger partial charge is 0.322 e. The summed E-state index contributed by atoms with van der Waals surface area (Å²) in [6, 6.07) is 10.1. The van der Waals surface area contributed by atoms with Crippen LogP contribution < -0.4 is 5.32 Å². The molecule has 2 rings (SSSR count). The van der Waals surface area contributed by atoms with Crippen molar-refractivity contribution in [3.05, 3.63) is 64.7 Å². The van der Waals surface area contributed by atoms with Crippen LogP contribution in [0.3, 0.4) is 0 Å². The molecule has 0 fully saturated rings. The summed E-state index contributed by atoms with van der Waals surface area (Å²) in [5, 5.41) is 2.54. The van der Waals surface area contributed by atoms with Crippen LogP contribution in [0.1, 0.15) is 27.0 Å². The van der Waals surface area contributed by atoms with E-state index in [9.17, 15) is 18.0 Å². The third-order valence-corrected chi connectivity index (χ3v) is 3.12. The highest BCUT2D eigenvalue weighted by Crippen LogP contribution is 2.32. The summed E-state index contributed by atoms with van der Waals surface area (Å²) < 4.78 is 38.7. The Morgan fingerprint density at radius 3 is 2.38 bits per heavy atom. The van der Waals surface area contributed by atoms with Crippen molar-refractivity contribution in [2.24, 2.45) is 0 Å². The van der Waals surface area contributed by atoms with Crippen molar-refractivity contribution in [2.75, 3.05) is 5.32 Å². The summed E-state index contributed by atoms with van der Waals surface area (Å²) in [7, 11) is 0. The third-order valence-electron chi connectivity index (χ3n) is 3.12. The fraction of sp³-hybridized carbons (Fsp3) is 0.188. The highest BCUT2D eigenvalue weighted by Gasteiger charge is 2.34. The van der Waals surface area contributed by atoms with E-state index in [4.69, 9.17) is 0 Å². The maximum atomic E-state index is 12.9. The van der Waals surface area contributed by atoms with E-state index in [0.29, 0.717) is 5.69 Å². The fourth-order valence-corrected chi connectivity index (χ4v) is 1.99. The average Bonchev–Trinajstić information content (AvgIpc) is 2.42. The molecule has 0 unspecified atom stereocenters. The topological polar surface area (TPSA) is 29.1 Å². The Hall–Kier alpha value is -2.30. The number of hydrogen-bond acceptors (Lipinski definition) is 1. The van der Waals surface area contributed by atoms with E-state index in [2.05, 4.69) is 5.32 Å². The lowest BCUT2D eigenvalue weighted by Crippen LogP contribution is -2.19. The molecule has 5 heteroatoms. The van der Waals surface area contributed by atoms with Crippen molar-refractivity contribution < 1.29 is 18.0 Å². The first-order valence-corrected chi connectivity index (χ1v) is 6.34. The van der Waals surface area contributed by atoms with Crippen LogP contribution in [0.15, 0.2) is 42.5 Å². The van der Waals surface area contributed by atoms with Gasteiger partial charge in [-0.1, -0.05) is 24.3 Å². The van der Waals surface area contributed by atoms with Gasteiger partial charge in [0.1, 0.15) is 0 Å². The maximum Gasteiger partial charge on any atom is 0.417 e. The van der Waals surface area contributed by atoms with Crippen LogP contribution >= 0.6 is 0 Å². The van der Waals surface area contributed by atoms with Gasteiger partial charge in [0.2, 0.25) is 0 Å². The second kappa shape index (κ2) is 5.60. The summed E-state index contributed by atoms with van der Waals surface area (Å²) in [6.45, 7) is 3.63. The van der Waals surface area contributed by atoms with E-state index in [-0.39, 0.29) is 5.56 Å². The molecule has 0 radical (unpaired) electrons. The third kappa shape index (κ3) is 3.42. The molecular weight excluding hydrogens is 279 g/mol. The molecule has 0 saturated carbocycles. The predicted molar refractivity (Wildman–Crippen MR) is 75.3 cm³/mol. The van der Waals surface area contributed by atoms with E-state index in [1.54, 1.807) is 19.1 Å². The number of hydrogen-bond donors (Lipinski definition) is 1. The van der Waals surface area contributed by atoms with E-state index in [0.717, 1.165) is 17.2 Å². The van der Waals surface area contributed by atoms with Crippen LogP contribution in [0.25, 0.3) is 0 Å². The standard InChI is InChI=1S/C16H14F3NO/c1-10-7-8-11(2)14(9-10)20-15(21)12-5-3-4-6-13(12)16(17,18)19/h3-9H,1-2H3,(H,20,21). The average molecular weight is 293 g/mol. The zero-order chi connectivity index (χ0) is 15.6. The first-order chi connectivity index (χ1) is 9.79. The fourth-order valence-electron chi connectivity index (χ4n) is 1.99. The summed E-state index contributed by atoms with van der Waals surface area (Å²) in [4.78, 5) is 12.1. The molecule has 0 bridgehead atoms. The molecule has 0 heterocycles. The monoisotopic (exact) mass is 293 g/mol. The summed E-state index contributed by atoms with van der Waals surface area (Å²) in [6.07, 6.45) is -4.56. The molecule has 2 aromatic carbocycles. The quantitative estimate of drug-likeness (QED) is 0.863. The lowest BCUT2D eigenvalue weighted by Gasteiger charge is -2.14. The minimum absolute atomic E-state index is 0.383. The number of amides is 1. The Morgan fingerprint density at radius 2 is 1.71 bits per heavy atom. The first kappa shape index (κ1) is 15.1. The molecule has 0 spiro atoms. The summed E-state index contributed by atoms with van der Waals surface area (Å²) >= 11 is 0. The number of rotatable bonds is 2. The molecule has 0 aromatic heterocycles. The van der Waals surface area contributed by atoms with Gasteiger partial charge in [0, 0.05) is 5.69 Å². The number of aryl methyl sites for hydroxylation is 2. The van der Waals surface area contributed by atoms with Crippen LogP contribution in [-0.2, 0) is 6.18 Å². The molecule has 2 nitrogen and oxygen atoms in total. The Bertz CT molecular complexity index is 677. The Kier molecular flexibility index (Phi) is 4.02. The zero-order valence-electron chi connectivity index (χ0n) is 11.6. The van der Waals surface area contributed by atoms with E-state index in [1.165, 1.54) is 18.2 Å². The Labute approximate surface area is 120 Å². The highest BCUT2D eigenvalue weighted by molar-refractivity contribution is 6.05. The van der Waals surface area contributed by atoms with Gasteiger partial charge in [-0.2, -0.15) is 13.2 Å². The van der Waals surface area contributed by atoms with Crippen molar-refractivity contribution in [1.82, 2.24) is 0 Å². The molecule has 0 aliphatic heterocycles. The van der Waals surface area contributed by atoms with Crippen molar-refractivity contribution in [1.29, 1.82) is 0 Å². The predicted octanol–water partition coefficient (Wildman–Crippen LogP) is 4.57. The van der Waals surface area contributed by atoms with Crippen molar-refractivity contribution >= 4 is 11.6 Å². The van der Waals surface area contributed by atoms with Crippen LogP contribution in [-0.4, -0.2) is 5.91 Å². The van der Waals surface area contributed by atoms with Crippen LogP contribution in [0.2, 0.25) is 0 Å². The molecule has 1 N–H and O–H groups in total. The maximum absolute atomic E-state index is 12.9. The second-order valence-corrected chi connectivity index (χ2v) is 4.82. The summed E-state index contributed by atoms with van der Waals surface area (Å²) in [5.41, 5.74) is 0.897. The summed E-state index contributed by atoms with van der Waals surface area (Å²) in [5.74, 6) is -0.767. The van der Waals surface area contributed by atoms with Gasteiger partial charge in [-0.3, -0.25) is 4.79 Å². The number of carbonyl (C=O) groups excluding carboxylic acids is 1. The first-order valence-electron chi connectivity index (χ1n) is 6.34. The lowest BCUT2D eigenvalue weighted by molar-refractivity contribution is -0.137. The normalized spacial score (nSPS) is 11.3. The van der Waals surface area contributed by atoms with E-state index < -0.39 is 17.6 Å². The van der Waals surface area contributed by atoms with Crippen LogP contribution in [0.5, 0.6) is 0 Å². The van der Waals surface area contributed by atoms with Gasteiger partial charge in [-0.15, -0.1) is 0 Å². The largest absolute Gasteiger partial charge is 0.417 e. The number of nitrogens with one attached hydrogen (secondary N) is 1. The molecular formula is C16H14F3NO. The minimum atomic E-state index is -4.56. The molecule has 0 aliphatic carbocycles. The van der Waals surface area contributed by atoms with Crippen molar-refractivity contribution in [2.45, 2.75) is 20.0 Å². The lowest BCUT2D eigenvalue weighted by atomic mass is 10.1. The molecule has 0 atom stereocenters. The van der Waals surface area contributed by atoms with Crippen molar-refractivity contribution in [3.63, 3.8) is 0 Å². The van der Waals surface area contributed by atoms with Gasteiger partial charge >= 0.3 is 6.18 Å². The van der Waals surface area contributed by atoms with Gasteiger partial charge < -0.3 is 5.32 Å². The number of halogens is 3. The zero-order valence-corrected chi connectivity index (χ0v) is 11.6.